The highest BCUT2D eigenvalue weighted by Gasteiger charge is 2.34. The van der Waals surface area contributed by atoms with Crippen molar-refractivity contribution in [2.45, 2.75) is 65.3 Å². The molecule has 204 valence electrons. The van der Waals surface area contributed by atoms with Crippen molar-refractivity contribution in [3.63, 3.8) is 0 Å². The summed E-state index contributed by atoms with van der Waals surface area (Å²) in [6.45, 7) is 11.3. The summed E-state index contributed by atoms with van der Waals surface area (Å²) in [5, 5.41) is 0. The Balaban J connectivity index is 1.27. The molecule has 1 aliphatic heterocycles. The van der Waals surface area contributed by atoms with Gasteiger partial charge in [-0.1, -0.05) is 38.1 Å². The van der Waals surface area contributed by atoms with Crippen LogP contribution in [0.5, 0.6) is 11.5 Å². The van der Waals surface area contributed by atoms with E-state index in [4.69, 9.17) is 14.5 Å². The molecule has 4 aromatic rings. The fourth-order valence-corrected chi connectivity index (χ4v) is 5.46. The number of rotatable bonds is 11. The van der Waals surface area contributed by atoms with E-state index in [2.05, 4.69) is 61.7 Å². The van der Waals surface area contributed by atoms with Gasteiger partial charge in [0.15, 0.2) is 0 Å². The normalized spacial score (nSPS) is 15.5. The Bertz CT molecular complexity index is 1420. The molecular formula is C33H39N3O3. The third-order valence-electron chi connectivity index (χ3n) is 7.46. The maximum atomic E-state index is 13.1. The molecule has 1 aromatic heterocycles. The van der Waals surface area contributed by atoms with Crippen LogP contribution in [-0.2, 0) is 11.3 Å². The van der Waals surface area contributed by atoms with E-state index in [9.17, 15) is 4.79 Å². The second-order valence-electron chi connectivity index (χ2n) is 10.7. The highest BCUT2D eigenvalue weighted by atomic mass is 16.5. The minimum Gasteiger partial charge on any atom is -0.494 e. The first-order chi connectivity index (χ1) is 18.9. The topological polar surface area (TPSA) is 56.6 Å². The quantitative estimate of drug-likeness (QED) is 0.194. The summed E-state index contributed by atoms with van der Waals surface area (Å²) in [7, 11) is 0. The number of aryl methyl sites for hydroxylation is 2. The first-order valence-corrected chi connectivity index (χ1v) is 14.2. The van der Waals surface area contributed by atoms with Crippen LogP contribution < -0.4 is 14.4 Å². The number of para-hydroxylation sites is 2. The number of nitrogens with zero attached hydrogens (tertiary/aromatic N) is 3. The molecule has 0 saturated carbocycles. The first-order valence-electron chi connectivity index (χ1n) is 14.2. The molecule has 39 heavy (non-hydrogen) atoms. The number of carbonyl (C=O) groups excluding carboxylic acids is 1. The van der Waals surface area contributed by atoms with Crippen LogP contribution in [0.4, 0.5) is 5.69 Å². The van der Waals surface area contributed by atoms with Gasteiger partial charge < -0.3 is 18.9 Å². The summed E-state index contributed by atoms with van der Waals surface area (Å²) in [6, 6.07) is 22.5. The van der Waals surface area contributed by atoms with E-state index >= 15 is 0 Å². The average Bonchev–Trinajstić information content (AvgIpc) is 3.49. The Morgan fingerprint density at radius 1 is 1.00 bits per heavy atom. The van der Waals surface area contributed by atoms with Crippen molar-refractivity contribution in [1.82, 2.24) is 9.55 Å². The second kappa shape index (κ2) is 11.9. The number of hydrogen-bond acceptors (Lipinski definition) is 4. The van der Waals surface area contributed by atoms with Gasteiger partial charge >= 0.3 is 0 Å². The molecule has 1 unspecified atom stereocenters. The Morgan fingerprint density at radius 2 is 1.79 bits per heavy atom. The molecule has 0 N–H and O–H groups in total. The number of carbonyl (C=O) groups is 1. The summed E-state index contributed by atoms with van der Waals surface area (Å²) in [4.78, 5) is 20.0. The van der Waals surface area contributed by atoms with Crippen molar-refractivity contribution in [3.8, 4) is 11.5 Å². The summed E-state index contributed by atoms with van der Waals surface area (Å²) in [5.74, 6) is 3.43. The highest BCUT2D eigenvalue weighted by Crippen LogP contribution is 2.34. The van der Waals surface area contributed by atoms with Gasteiger partial charge in [-0.25, -0.2) is 4.98 Å². The number of aromatic nitrogens is 2. The van der Waals surface area contributed by atoms with Crippen molar-refractivity contribution < 1.29 is 14.3 Å². The highest BCUT2D eigenvalue weighted by molar-refractivity contribution is 5.96. The molecule has 1 amide bonds. The van der Waals surface area contributed by atoms with Gasteiger partial charge in [-0.15, -0.1) is 0 Å². The zero-order chi connectivity index (χ0) is 27.4. The van der Waals surface area contributed by atoms with Crippen LogP contribution in [-0.4, -0.2) is 35.2 Å². The van der Waals surface area contributed by atoms with Gasteiger partial charge in [-0.2, -0.15) is 0 Å². The fraction of sp³-hybridized carbons (Fsp3) is 0.394. The fourth-order valence-electron chi connectivity index (χ4n) is 5.46. The molecule has 6 heteroatoms. The number of hydrogen-bond donors (Lipinski definition) is 0. The van der Waals surface area contributed by atoms with E-state index in [-0.39, 0.29) is 11.8 Å². The van der Waals surface area contributed by atoms with Gasteiger partial charge in [0.25, 0.3) is 0 Å². The van der Waals surface area contributed by atoms with E-state index in [1.807, 2.05) is 42.2 Å². The lowest BCUT2D eigenvalue weighted by molar-refractivity contribution is -0.117. The summed E-state index contributed by atoms with van der Waals surface area (Å²) in [5.41, 5.74) is 5.49. The number of amides is 1. The lowest BCUT2D eigenvalue weighted by Gasteiger charge is -2.18. The molecule has 0 aliphatic carbocycles. The van der Waals surface area contributed by atoms with E-state index in [1.54, 1.807) is 0 Å². The van der Waals surface area contributed by atoms with Crippen molar-refractivity contribution in [1.29, 1.82) is 0 Å². The molecular weight excluding hydrogens is 486 g/mol. The van der Waals surface area contributed by atoms with Gasteiger partial charge in [0, 0.05) is 31.1 Å². The standard InChI is InChI=1S/C33H39N3O3/c1-5-38-27-15-13-26(14-16-27)36-22-25(21-32(36)37)33-34-29-10-6-7-11-30(29)35(33)18-8-9-19-39-31-20-24(4)12-17-28(31)23(2)3/h6-7,10-17,20,23,25H,5,8-9,18-19,21-22H2,1-4H3. The van der Waals surface area contributed by atoms with Crippen molar-refractivity contribution in [2.75, 3.05) is 24.7 Å². The lowest BCUT2D eigenvalue weighted by Crippen LogP contribution is -2.24. The van der Waals surface area contributed by atoms with Gasteiger partial charge in [0.05, 0.1) is 24.2 Å². The zero-order valence-electron chi connectivity index (χ0n) is 23.5. The molecule has 0 spiro atoms. The van der Waals surface area contributed by atoms with E-state index < -0.39 is 0 Å². The van der Waals surface area contributed by atoms with Crippen LogP contribution in [0.1, 0.15) is 68.8 Å². The lowest BCUT2D eigenvalue weighted by atomic mass is 10.0. The van der Waals surface area contributed by atoms with Crippen molar-refractivity contribution >= 4 is 22.6 Å². The Labute approximate surface area is 231 Å². The van der Waals surface area contributed by atoms with E-state index in [1.165, 1.54) is 11.1 Å². The minimum absolute atomic E-state index is 0.0496. The number of unbranched alkanes of at least 4 members (excludes halogenated alkanes) is 1. The average molecular weight is 526 g/mol. The van der Waals surface area contributed by atoms with Gasteiger partial charge in [0.2, 0.25) is 5.91 Å². The van der Waals surface area contributed by atoms with Crippen LogP contribution >= 0.6 is 0 Å². The zero-order valence-corrected chi connectivity index (χ0v) is 23.5. The smallest absolute Gasteiger partial charge is 0.227 e. The largest absolute Gasteiger partial charge is 0.494 e. The number of imidazole rings is 1. The van der Waals surface area contributed by atoms with Crippen LogP contribution in [0.25, 0.3) is 11.0 Å². The summed E-state index contributed by atoms with van der Waals surface area (Å²) in [6.07, 6.45) is 2.38. The van der Waals surface area contributed by atoms with Crippen LogP contribution in [0.2, 0.25) is 0 Å². The molecule has 3 aromatic carbocycles. The number of benzene rings is 3. The maximum Gasteiger partial charge on any atom is 0.227 e. The molecule has 1 fully saturated rings. The molecule has 1 saturated heterocycles. The third kappa shape index (κ3) is 5.95. The van der Waals surface area contributed by atoms with Gasteiger partial charge in [-0.05, 0) is 86.2 Å². The van der Waals surface area contributed by atoms with Gasteiger partial charge in [0.1, 0.15) is 17.3 Å². The predicted octanol–water partition coefficient (Wildman–Crippen LogP) is 7.25. The monoisotopic (exact) mass is 525 g/mol. The Kier molecular flexibility index (Phi) is 8.20. The first kappa shape index (κ1) is 26.8. The Morgan fingerprint density at radius 3 is 2.56 bits per heavy atom. The third-order valence-corrected chi connectivity index (χ3v) is 7.46. The Hall–Kier alpha value is -3.80. The van der Waals surface area contributed by atoms with E-state index in [0.29, 0.717) is 32.1 Å². The molecule has 0 radical (unpaired) electrons. The molecule has 0 bridgehead atoms. The molecule has 5 rings (SSSR count). The molecule has 6 nitrogen and oxygen atoms in total. The number of fused-ring (bicyclic) bond motifs is 1. The molecule has 1 aliphatic rings. The molecule has 2 heterocycles. The predicted molar refractivity (Wildman–Crippen MR) is 157 cm³/mol. The van der Waals surface area contributed by atoms with Gasteiger partial charge in [-0.3, -0.25) is 4.79 Å². The summed E-state index contributed by atoms with van der Waals surface area (Å²) < 4.78 is 14.1. The van der Waals surface area contributed by atoms with E-state index in [0.717, 1.165) is 53.4 Å². The van der Waals surface area contributed by atoms with Crippen molar-refractivity contribution in [3.05, 3.63) is 83.7 Å². The maximum absolute atomic E-state index is 13.1. The van der Waals surface area contributed by atoms with Crippen LogP contribution in [0.15, 0.2) is 66.7 Å². The summed E-state index contributed by atoms with van der Waals surface area (Å²) >= 11 is 0. The number of anilines is 1. The molecule has 1 atom stereocenters. The second-order valence-corrected chi connectivity index (χ2v) is 10.7. The van der Waals surface area contributed by atoms with Crippen LogP contribution in [0, 0.1) is 6.92 Å². The number of ether oxygens (including phenoxy) is 2. The SMILES string of the molecule is CCOc1ccc(N2CC(c3nc4ccccc4n3CCCCOc3cc(C)ccc3C(C)C)CC2=O)cc1. The van der Waals surface area contributed by atoms with Crippen molar-refractivity contribution in [2.24, 2.45) is 0 Å². The van der Waals surface area contributed by atoms with Crippen LogP contribution in [0.3, 0.4) is 0 Å². The minimum atomic E-state index is 0.0496.